The lowest BCUT2D eigenvalue weighted by atomic mass is 10.2. The molecule has 3 rings (SSSR count). The molecule has 7 nitrogen and oxygen atoms in total. The Morgan fingerprint density at radius 3 is 1.86 bits per heavy atom. The van der Waals surface area contributed by atoms with Crippen molar-refractivity contribution < 1.29 is 16.8 Å². The Hall–Kier alpha value is -2.30. The minimum absolute atomic E-state index is 0.198. The Morgan fingerprint density at radius 1 is 0.786 bits per heavy atom. The number of rotatable bonds is 7. The van der Waals surface area contributed by atoms with Crippen molar-refractivity contribution in [3.8, 4) is 0 Å². The molecule has 0 atom stereocenters. The second kappa shape index (κ2) is 7.98. The third-order valence-electron chi connectivity index (χ3n) is 3.84. The maximum Gasteiger partial charge on any atom is 0.239 e. The predicted molar refractivity (Wildman–Crippen MR) is 109 cm³/mol. The zero-order valence-electron chi connectivity index (χ0n) is 15.3. The van der Waals surface area contributed by atoms with E-state index in [1.54, 1.807) is 48.5 Å². The van der Waals surface area contributed by atoms with Crippen LogP contribution in [0.3, 0.4) is 0 Å². The number of benzene rings is 2. The maximum atomic E-state index is 12.5. The average molecular weight is 438 g/mol. The first kappa shape index (κ1) is 20.4. The monoisotopic (exact) mass is 437 g/mol. The van der Waals surface area contributed by atoms with E-state index in [1.165, 1.54) is 0 Å². The zero-order chi connectivity index (χ0) is 20.4. The number of aromatic nitrogens is 2. The van der Waals surface area contributed by atoms with Crippen LogP contribution in [0.15, 0.2) is 53.4 Å². The van der Waals surface area contributed by atoms with Gasteiger partial charge in [-0.25, -0.2) is 16.8 Å². The highest BCUT2D eigenvalue weighted by atomic mass is 32.2. The van der Waals surface area contributed by atoms with Crippen molar-refractivity contribution in [1.29, 1.82) is 0 Å². The minimum Gasteiger partial charge on any atom is -0.283 e. The standard InChI is InChI=1S/C18H19N3O4S3/c1-13-3-7-15(8-4-13)21-28(24,25)12-18-20-19-17(26-18)11-27(22,23)16-9-5-14(2)6-10-16/h3-10,21H,11-12H2,1-2H3. The molecule has 0 fully saturated rings. The number of sulfonamides is 1. The number of aryl methyl sites for hydroxylation is 2. The highest BCUT2D eigenvalue weighted by Gasteiger charge is 2.20. The Bertz CT molecular complexity index is 1170. The van der Waals surface area contributed by atoms with Gasteiger partial charge in [0.1, 0.15) is 21.5 Å². The van der Waals surface area contributed by atoms with Crippen LogP contribution in [0.4, 0.5) is 5.69 Å². The number of sulfone groups is 1. The van der Waals surface area contributed by atoms with E-state index in [4.69, 9.17) is 0 Å². The fourth-order valence-corrected chi connectivity index (χ4v) is 6.28. The first-order valence-corrected chi connectivity index (χ1v) is 12.4. The Morgan fingerprint density at radius 2 is 1.29 bits per heavy atom. The smallest absolute Gasteiger partial charge is 0.239 e. The second-order valence-electron chi connectivity index (χ2n) is 6.39. The van der Waals surface area contributed by atoms with Crippen LogP contribution in [-0.4, -0.2) is 27.0 Å². The van der Waals surface area contributed by atoms with Gasteiger partial charge in [-0.05, 0) is 38.1 Å². The molecule has 3 aromatic rings. The summed E-state index contributed by atoms with van der Waals surface area (Å²) in [5.41, 5.74) is 2.44. The molecule has 0 aliphatic carbocycles. The Kier molecular flexibility index (Phi) is 5.82. The molecule has 0 aliphatic rings. The summed E-state index contributed by atoms with van der Waals surface area (Å²) in [5, 5.41) is 8.16. The number of anilines is 1. The molecule has 28 heavy (non-hydrogen) atoms. The normalized spacial score (nSPS) is 12.1. The van der Waals surface area contributed by atoms with Gasteiger partial charge in [-0.1, -0.05) is 46.7 Å². The average Bonchev–Trinajstić information content (AvgIpc) is 3.02. The number of hydrogen-bond acceptors (Lipinski definition) is 7. The van der Waals surface area contributed by atoms with Gasteiger partial charge in [0, 0.05) is 5.69 Å². The lowest BCUT2D eigenvalue weighted by Gasteiger charge is -2.06. The molecule has 148 valence electrons. The van der Waals surface area contributed by atoms with Crippen molar-refractivity contribution >= 4 is 36.9 Å². The molecule has 0 saturated heterocycles. The highest BCUT2D eigenvalue weighted by molar-refractivity contribution is 7.92. The van der Waals surface area contributed by atoms with Gasteiger partial charge in [0.2, 0.25) is 10.0 Å². The van der Waals surface area contributed by atoms with Crippen molar-refractivity contribution in [2.45, 2.75) is 30.2 Å². The molecular weight excluding hydrogens is 418 g/mol. The van der Waals surface area contributed by atoms with Crippen LogP contribution in [0, 0.1) is 13.8 Å². The fourth-order valence-electron chi connectivity index (χ4n) is 2.40. The number of nitrogens with one attached hydrogen (secondary N) is 1. The summed E-state index contributed by atoms with van der Waals surface area (Å²) in [4.78, 5) is 0.198. The van der Waals surface area contributed by atoms with Gasteiger partial charge in [-0.2, -0.15) is 0 Å². The molecule has 0 unspecified atom stereocenters. The lowest BCUT2D eigenvalue weighted by molar-refractivity contribution is 0.594. The SMILES string of the molecule is Cc1ccc(NS(=O)(=O)Cc2nnc(CS(=O)(=O)c3ccc(C)cc3)s2)cc1. The van der Waals surface area contributed by atoms with Crippen molar-refractivity contribution in [3.05, 3.63) is 69.7 Å². The van der Waals surface area contributed by atoms with Crippen LogP contribution in [-0.2, 0) is 31.4 Å². The molecule has 10 heteroatoms. The summed E-state index contributed by atoms with van der Waals surface area (Å²) in [6.45, 7) is 3.78. The molecular formula is C18H19N3O4S3. The Balaban J connectivity index is 1.69. The van der Waals surface area contributed by atoms with E-state index >= 15 is 0 Å². The first-order valence-electron chi connectivity index (χ1n) is 8.31. The van der Waals surface area contributed by atoms with E-state index in [9.17, 15) is 16.8 Å². The summed E-state index contributed by atoms with van der Waals surface area (Å²) in [6, 6.07) is 13.5. The van der Waals surface area contributed by atoms with E-state index in [0.29, 0.717) is 5.69 Å². The van der Waals surface area contributed by atoms with Gasteiger partial charge < -0.3 is 0 Å². The largest absolute Gasteiger partial charge is 0.283 e. The van der Waals surface area contributed by atoms with E-state index in [-0.39, 0.29) is 26.4 Å². The molecule has 0 spiro atoms. The summed E-state index contributed by atoms with van der Waals surface area (Å²) < 4.78 is 52.1. The zero-order valence-corrected chi connectivity index (χ0v) is 17.7. The van der Waals surface area contributed by atoms with Crippen molar-refractivity contribution in [2.24, 2.45) is 0 Å². The molecule has 0 saturated carbocycles. The third kappa shape index (κ3) is 5.37. The van der Waals surface area contributed by atoms with Crippen LogP contribution in [0.5, 0.6) is 0 Å². The van der Waals surface area contributed by atoms with Crippen LogP contribution in [0.1, 0.15) is 21.1 Å². The van der Waals surface area contributed by atoms with E-state index in [1.807, 2.05) is 13.8 Å². The summed E-state index contributed by atoms with van der Waals surface area (Å²) in [7, 11) is -7.25. The quantitative estimate of drug-likeness (QED) is 0.609. The number of nitrogens with zero attached hydrogens (tertiary/aromatic N) is 2. The van der Waals surface area contributed by atoms with E-state index in [2.05, 4.69) is 14.9 Å². The molecule has 0 radical (unpaired) electrons. The maximum absolute atomic E-state index is 12.5. The lowest BCUT2D eigenvalue weighted by Crippen LogP contribution is -2.14. The molecule has 0 aliphatic heterocycles. The molecule has 1 N–H and O–H groups in total. The predicted octanol–water partition coefficient (Wildman–Crippen LogP) is 3.07. The topological polar surface area (TPSA) is 106 Å². The molecule has 1 aromatic heterocycles. The Labute approximate surface area is 168 Å². The summed E-state index contributed by atoms with van der Waals surface area (Å²) in [5.74, 6) is -0.692. The van der Waals surface area contributed by atoms with Crippen molar-refractivity contribution in [2.75, 3.05) is 4.72 Å². The summed E-state index contributed by atoms with van der Waals surface area (Å²) >= 11 is 0.977. The van der Waals surface area contributed by atoms with E-state index in [0.717, 1.165) is 22.5 Å². The minimum atomic E-state index is -3.68. The fraction of sp³-hybridized carbons (Fsp3) is 0.222. The first-order chi connectivity index (χ1) is 13.1. The van der Waals surface area contributed by atoms with Gasteiger partial charge in [0.15, 0.2) is 9.84 Å². The number of hydrogen-bond donors (Lipinski definition) is 1. The molecule has 2 aromatic carbocycles. The van der Waals surface area contributed by atoms with E-state index < -0.39 is 19.9 Å². The molecule has 0 amide bonds. The second-order valence-corrected chi connectivity index (χ2v) is 11.2. The van der Waals surface area contributed by atoms with Gasteiger partial charge in [0.05, 0.1) is 4.90 Å². The van der Waals surface area contributed by atoms with Crippen LogP contribution >= 0.6 is 11.3 Å². The van der Waals surface area contributed by atoms with Crippen LogP contribution in [0.25, 0.3) is 0 Å². The van der Waals surface area contributed by atoms with Gasteiger partial charge >= 0.3 is 0 Å². The van der Waals surface area contributed by atoms with Crippen LogP contribution in [0.2, 0.25) is 0 Å². The highest BCUT2D eigenvalue weighted by Crippen LogP contribution is 2.21. The van der Waals surface area contributed by atoms with Crippen molar-refractivity contribution in [3.63, 3.8) is 0 Å². The van der Waals surface area contributed by atoms with Gasteiger partial charge in [0.25, 0.3) is 0 Å². The summed E-state index contributed by atoms with van der Waals surface area (Å²) in [6.07, 6.45) is 0. The van der Waals surface area contributed by atoms with Gasteiger partial charge in [-0.15, -0.1) is 10.2 Å². The van der Waals surface area contributed by atoms with Crippen LogP contribution < -0.4 is 4.72 Å². The van der Waals surface area contributed by atoms with Crippen molar-refractivity contribution in [1.82, 2.24) is 10.2 Å². The van der Waals surface area contributed by atoms with Gasteiger partial charge in [-0.3, -0.25) is 4.72 Å². The third-order valence-corrected chi connectivity index (χ3v) is 7.97. The molecule has 0 bridgehead atoms. The molecule has 1 heterocycles.